The zero-order valence-corrected chi connectivity index (χ0v) is 15.8. The van der Waals surface area contributed by atoms with Gasteiger partial charge in [0.25, 0.3) is 0 Å². The SMILES string of the molecule is Cc1ccccc1NC(=O)C(C)Sc1nncn1CCc1cccs1. The van der Waals surface area contributed by atoms with Crippen molar-refractivity contribution < 1.29 is 4.79 Å². The molecule has 7 heteroatoms. The van der Waals surface area contributed by atoms with Crippen LogP contribution in [0.25, 0.3) is 0 Å². The average molecular weight is 373 g/mol. The van der Waals surface area contributed by atoms with E-state index in [1.807, 2.05) is 42.7 Å². The van der Waals surface area contributed by atoms with Crippen LogP contribution in [0.4, 0.5) is 5.69 Å². The zero-order valence-electron chi connectivity index (χ0n) is 14.2. The summed E-state index contributed by atoms with van der Waals surface area (Å²) in [7, 11) is 0. The highest BCUT2D eigenvalue weighted by molar-refractivity contribution is 8.00. The maximum absolute atomic E-state index is 12.5. The topological polar surface area (TPSA) is 59.8 Å². The number of hydrogen-bond acceptors (Lipinski definition) is 5. The molecule has 25 heavy (non-hydrogen) atoms. The lowest BCUT2D eigenvalue weighted by Crippen LogP contribution is -2.23. The summed E-state index contributed by atoms with van der Waals surface area (Å²) in [6.07, 6.45) is 2.66. The lowest BCUT2D eigenvalue weighted by Gasteiger charge is -2.13. The second kappa shape index (κ2) is 8.31. The Morgan fingerprint density at radius 3 is 2.92 bits per heavy atom. The van der Waals surface area contributed by atoms with Crippen molar-refractivity contribution in [1.29, 1.82) is 0 Å². The molecule has 3 rings (SSSR count). The number of carbonyl (C=O) groups is 1. The second-order valence-electron chi connectivity index (χ2n) is 5.70. The van der Waals surface area contributed by atoms with Gasteiger partial charge in [-0.15, -0.1) is 21.5 Å². The fraction of sp³-hybridized carbons (Fsp3) is 0.278. The van der Waals surface area contributed by atoms with Crippen LogP contribution < -0.4 is 5.32 Å². The molecule has 130 valence electrons. The molecule has 0 saturated heterocycles. The molecule has 0 aliphatic rings. The lowest BCUT2D eigenvalue weighted by atomic mass is 10.2. The quantitative estimate of drug-likeness (QED) is 0.637. The first-order chi connectivity index (χ1) is 12.1. The normalized spacial score (nSPS) is 12.1. The van der Waals surface area contributed by atoms with E-state index in [-0.39, 0.29) is 11.2 Å². The Balaban J connectivity index is 1.59. The van der Waals surface area contributed by atoms with Crippen molar-refractivity contribution in [3.05, 3.63) is 58.5 Å². The van der Waals surface area contributed by atoms with Gasteiger partial charge in [-0.1, -0.05) is 36.0 Å². The molecule has 0 aliphatic heterocycles. The van der Waals surface area contributed by atoms with Crippen molar-refractivity contribution in [3.8, 4) is 0 Å². The van der Waals surface area contributed by atoms with Gasteiger partial charge in [-0.2, -0.15) is 0 Å². The molecule has 1 N–H and O–H groups in total. The zero-order chi connectivity index (χ0) is 17.6. The molecule has 2 aromatic heterocycles. The number of aromatic nitrogens is 3. The van der Waals surface area contributed by atoms with E-state index in [4.69, 9.17) is 0 Å². The predicted octanol–water partition coefficient (Wildman–Crippen LogP) is 4.01. The van der Waals surface area contributed by atoms with E-state index in [1.165, 1.54) is 16.6 Å². The van der Waals surface area contributed by atoms with Crippen LogP contribution in [-0.2, 0) is 17.8 Å². The first-order valence-electron chi connectivity index (χ1n) is 8.07. The average Bonchev–Trinajstić information content (AvgIpc) is 3.26. The molecule has 1 unspecified atom stereocenters. The maximum atomic E-state index is 12.5. The fourth-order valence-corrected chi connectivity index (χ4v) is 3.88. The van der Waals surface area contributed by atoms with E-state index in [9.17, 15) is 4.79 Å². The molecular formula is C18H20N4OS2. The Labute approximate surface area is 155 Å². The summed E-state index contributed by atoms with van der Waals surface area (Å²) in [6, 6.07) is 11.9. The molecule has 0 spiro atoms. The number of carbonyl (C=O) groups excluding carboxylic acids is 1. The monoisotopic (exact) mass is 372 g/mol. The van der Waals surface area contributed by atoms with Crippen molar-refractivity contribution in [2.24, 2.45) is 0 Å². The number of amides is 1. The summed E-state index contributed by atoms with van der Waals surface area (Å²) >= 11 is 3.17. The Bertz CT molecular complexity index is 829. The molecular weight excluding hydrogens is 352 g/mol. The minimum Gasteiger partial charge on any atom is -0.325 e. The van der Waals surface area contributed by atoms with Gasteiger partial charge in [0.1, 0.15) is 6.33 Å². The van der Waals surface area contributed by atoms with E-state index in [0.29, 0.717) is 0 Å². The molecule has 1 atom stereocenters. The van der Waals surface area contributed by atoms with Crippen LogP contribution in [0.15, 0.2) is 53.3 Å². The summed E-state index contributed by atoms with van der Waals surface area (Å²) in [6.45, 7) is 4.67. The third-order valence-corrected chi connectivity index (χ3v) is 5.84. The van der Waals surface area contributed by atoms with Gasteiger partial charge in [0, 0.05) is 17.1 Å². The summed E-state index contributed by atoms with van der Waals surface area (Å²) in [5.41, 5.74) is 1.89. The first-order valence-corrected chi connectivity index (χ1v) is 9.83. The molecule has 1 aromatic carbocycles. The summed E-state index contributed by atoms with van der Waals surface area (Å²) < 4.78 is 2.00. The van der Waals surface area contributed by atoms with E-state index in [0.717, 1.165) is 29.4 Å². The highest BCUT2D eigenvalue weighted by Crippen LogP contribution is 2.23. The number of thioether (sulfide) groups is 1. The standard InChI is InChI=1S/C18H20N4OS2/c1-13-6-3-4-8-16(13)20-17(23)14(2)25-18-21-19-12-22(18)10-9-15-7-5-11-24-15/h3-8,11-12,14H,9-10H2,1-2H3,(H,20,23). The Kier molecular flexibility index (Phi) is 5.88. The number of thiophene rings is 1. The highest BCUT2D eigenvalue weighted by atomic mass is 32.2. The lowest BCUT2D eigenvalue weighted by molar-refractivity contribution is -0.115. The van der Waals surface area contributed by atoms with Gasteiger partial charge in [0.2, 0.25) is 5.91 Å². The van der Waals surface area contributed by atoms with Gasteiger partial charge in [-0.05, 0) is 43.3 Å². The van der Waals surface area contributed by atoms with Crippen molar-refractivity contribution >= 4 is 34.7 Å². The smallest absolute Gasteiger partial charge is 0.237 e. The highest BCUT2D eigenvalue weighted by Gasteiger charge is 2.18. The van der Waals surface area contributed by atoms with Gasteiger partial charge in [0.05, 0.1) is 5.25 Å². The van der Waals surface area contributed by atoms with Gasteiger partial charge in [0.15, 0.2) is 5.16 Å². The van der Waals surface area contributed by atoms with Crippen molar-refractivity contribution in [2.75, 3.05) is 5.32 Å². The molecule has 3 aromatic rings. The third kappa shape index (κ3) is 4.70. The second-order valence-corrected chi connectivity index (χ2v) is 8.04. The van der Waals surface area contributed by atoms with E-state index < -0.39 is 0 Å². The Morgan fingerprint density at radius 1 is 1.32 bits per heavy atom. The maximum Gasteiger partial charge on any atom is 0.237 e. The van der Waals surface area contributed by atoms with Crippen molar-refractivity contribution in [2.45, 2.75) is 37.2 Å². The number of aryl methyl sites for hydroxylation is 3. The number of benzene rings is 1. The predicted molar refractivity (Wildman–Crippen MR) is 103 cm³/mol. The van der Waals surface area contributed by atoms with Gasteiger partial charge < -0.3 is 9.88 Å². The first kappa shape index (κ1) is 17.7. The minimum absolute atomic E-state index is 0.0351. The summed E-state index contributed by atoms with van der Waals surface area (Å²) in [5, 5.41) is 13.7. The van der Waals surface area contributed by atoms with Crippen LogP contribution in [0.5, 0.6) is 0 Å². The number of rotatable bonds is 7. The summed E-state index contributed by atoms with van der Waals surface area (Å²) in [5.74, 6) is -0.0351. The van der Waals surface area contributed by atoms with Crippen LogP contribution in [-0.4, -0.2) is 25.9 Å². The molecule has 0 radical (unpaired) electrons. The van der Waals surface area contributed by atoms with Gasteiger partial charge >= 0.3 is 0 Å². The number of para-hydroxylation sites is 1. The Morgan fingerprint density at radius 2 is 2.16 bits per heavy atom. The molecule has 1 amide bonds. The molecule has 0 fully saturated rings. The van der Waals surface area contributed by atoms with Crippen molar-refractivity contribution in [3.63, 3.8) is 0 Å². The largest absolute Gasteiger partial charge is 0.325 e. The molecule has 2 heterocycles. The van der Waals surface area contributed by atoms with Gasteiger partial charge in [-0.3, -0.25) is 4.79 Å². The number of anilines is 1. The van der Waals surface area contributed by atoms with E-state index >= 15 is 0 Å². The number of nitrogens with zero attached hydrogens (tertiary/aromatic N) is 3. The minimum atomic E-state index is -0.260. The molecule has 0 aliphatic carbocycles. The van der Waals surface area contributed by atoms with Crippen LogP contribution in [0, 0.1) is 6.92 Å². The van der Waals surface area contributed by atoms with Gasteiger partial charge in [-0.25, -0.2) is 0 Å². The van der Waals surface area contributed by atoms with Crippen molar-refractivity contribution in [1.82, 2.24) is 14.8 Å². The third-order valence-electron chi connectivity index (χ3n) is 3.81. The van der Waals surface area contributed by atoms with Crippen LogP contribution in [0.3, 0.4) is 0 Å². The van der Waals surface area contributed by atoms with E-state index in [1.54, 1.807) is 17.7 Å². The fourth-order valence-electron chi connectivity index (χ4n) is 2.33. The molecule has 0 bridgehead atoms. The Hall–Kier alpha value is -2.12. The number of hydrogen-bond donors (Lipinski definition) is 1. The molecule has 0 saturated carbocycles. The van der Waals surface area contributed by atoms with E-state index in [2.05, 4.69) is 33.0 Å². The van der Waals surface area contributed by atoms with Crippen LogP contribution >= 0.6 is 23.1 Å². The molecule has 5 nitrogen and oxygen atoms in total. The summed E-state index contributed by atoms with van der Waals surface area (Å²) in [4.78, 5) is 13.8. The van der Waals surface area contributed by atoms with Crippen LogP contribution in [0.1, 0.15) is 17.4 Å². The number of nitrogens with one attached hydrogen (secondary N) is 1. The van der Waals surface area contributed by atoms with Crippen LogP contribution in [0.2, 0.25) is 0 Å².